The van der Waals surface area contributed by atoms with Crippen LogP contribution in [0, 0.1) is 6.92 Å². The van der Waals surface area contributed by atoms with Gasteiger partial charge in [0.05, 0.1) is 28.9 Å². The number of carbonyl (C=O) groups excluding carboxylic acids is 2. The number of ether oxygens (including phenoxy) is 1. The number of nitrogens with zero attached hydrogens (tertiary/aromatic N) is 2. The number of anilines is 2. The number of amides is 2. The van der Waals surface area contributed by atoms with E-state index in [9.17, 15) is 22.8 Å². The van der Waals surface area contributed by atoms with E-state index in [4.69, 9.17) is 4.74 Å². The molecule has 0 aliphatic rings. The summed E-state index contributed by atoms with van der Waals surface area (Å²) < 4.78 is 42.2. The van der Waals surface area contributed by atoms with E-state index in [0.29, 0.717) is 32.7 Å². The van der Waals surface area contributed by atoms with Crippen LogP contribution in [0.2, 0.25) is 0 Å². The van der Waals surface area contributed by atoms with Gasteiger partial charge in [-0.1, -0.05) is 23.5 Å². The summed E-state index contributed by atoms with van der Waals surface area (Å²) in [6.07, 6.45) is -5.00. The Kier molecular flexibility index (Phi) is 5.84. The Morgan fingerprint density at radius 3 is 2.52 bits per heavy atom. The molecule has 0 fully saturated rings. The van der Waals surface area contributed by atoms with E-state index in [-0.39, 0.29) is 5.13 Å². The van der Waals surface area contributed by atoms with Crippen LogP contribution in [0.15, 0.2) is 29.6 Å². The monoisotopic (exact) mass is 442 g/mol. The van der Waals surface area contributed by atoms with Gasteiger partial charge in [0.25, 0.3) is 5.91 Å². The van der Waals surface area contributed by atoms with Gasteiger partial charge in [-0.2, -0.15) is 13.2 Å². The second-order valence-corrected chi connectivity index (χ2v) is 7.43. The van der Waals surface area contributed by atoms with E-state index in [1.54, 1.807) is 36.5 Å². The molecule has 0 aliphatic heterocycles. The molecule has 3 aromatic rings. The van der Waals surface area contributed by atoms with Crippen molar-refractivity contribution in [3.8, 4) is 16.3 Å². The van der Waals surface area contributed by atoms with Gasteiger partial charge in [0.1, 0.15) is 5.75 Å². The molecule has 2 heterocycles. The normalized spacial score (nSPS) is 11.2. The average molecular weight is 442 g/mol. The number of methoxy groups -OCH3 is 1. The molecular formula is C17H13F3N4O3S2. The summed E-state index contributed by atoms with van der Waals surface area (Å²) in [6, 6.07) is 6.69. The standard InChI is InChI=1S/C17H13F3N4O3S2/c1-8-12(10-7-28-15(22-10)24-14(26)17(18,19)20)29-16(21-8)23-13(25)9-5-3-4-6-11(9)27-2/h3-7H,1-2H3,(H,21,23,25)(H,22,24,26). The molecule has 1 aromatic carbocycles. The van der Waals surface area contributed by atoms with Crippen molar-refractivity contribution >= 4 is 44.8 Å². The quantitative estimate of drug-likeness (QED) is 0.613. The number of thiazole rings is 2. The number of nitrogens with one attached hydrogen (secondary N) is 2. The predicted molar refractivity (Wildman–Crippen MR) is 104 cm³/mol. The van der Waals surface area contributed by atoms with Crippen LogP contribution in [0.25, 0.3) is 10.6 Å². The third-order valence-electron chi connectivity index (χ3n) is 3.58. The Bertz CT molecular complexity index is 1060. The van der Waals surface area contributed by atoms with Crippen molar-refractivity contribution in [2.45, 2.75) is 13.1 Å². The second kappa shape index (κ2) is 8.17. The third-order valence-corrected chi connectivity index (χ3v) is 5.44. The van der Waals surface area contributed by atoms with E-state index in [2.05, 4.69) is 15.3 Å². The van der Waals surface area contributed by atoms with Gasteiger partial charge in [0, 0.05) is 5.38 Å². The lowest BCUT2D eigenvalue weighted by atomic mass is 10.2. The highest BCUT2D eigenvalue weighted by Crippen LogP contribution is 2.35. The summed E-state index contributed by atoms with van der Waals surface area (Å²) in [5.74, 6) is -2.11. The number of rotatable bonds is 5. The van der Waals surface area contributed by atoms with Crippen LogP contribution in [-0.4, -0.2) is 35.1 Å². The number of alkyl halides is 3. The summed E-state index contributed by atoms with van der Waals surface area (Å²) in [6.45, 7) is 1.68. The van der Waals surface area contributed by atoms with Gasteiger partial charge in [-0.15, -0.1) is 11.3 Å². The van der Waals surface area contributed by atoms with Crippen molar-refractivity contribution in [1.29, 1.82) is 0 Å². The Morgan fingerprint density at radius 1 is 1.10 bits per heavy atom. The molecule has 0 bridgehead atoms. The zero-order valence-electron chi connectivity index (χ0n) is 15.0. The highest BCUT2D eigenvalue weighted by molar-refractivity contribution is 7.20. The van der Waals surface area contributed by atoms with Gasteiger partial charge >= 0.3 is 12.1 Å². The number of aromatic nitrogens is 2. The molecule has 0 radical (unpaired) electrons. The predicted octanol–water partition coefficient (Wildman–Crippen LogP) is 4.34. The van der Waals surface area contributed by atoms with Crippen LogP contribution in [0.4, 0.5) is 23.4 Å². The molecule has 0 saturated carbocycles. The molecular weight excluding hydrogens is 429 g/mol. The molecule has 3 rings (SSSR count). The van der Waals surface area contributed by atoms with Crippen molar-refractivity contribution in [3.63, 3.8) is 0 Å². The topological polar surface area (TPSA) is 93.2 Å². The number of para-hydroxylation sites is 1. The molecule has 0 aliphatic carbocycles. The van der Waals surface area contributed by atoms with Gasteiger partial charge in [-0.25, -0.2) is 9.97 Å². The van der Waals surface area contributed by atoms with Crippen LogP contribution in [0.5, 0.6) is 5.75 Å². The highest BCUT2D eigenvalue weighted by atomic mass is 32.1. The average Bonchev–Trinajstić information content (AvgIpc) is 3.27. The van der Waals surface area contributed by atoms with Crippen LogP contribution in [-0.2, 0) is 4.79 Å². The molecule has 7 nitrogen and oxygen atoms in total. The Balaban J connectivity index is 1.77. The minimum Gasteiger partial charge on any atom is -0.496 e. The Labute approximate surface area is 170 Å². The molecule has 0 atom stereocenters. The maximum atomic E-state index is 12.5. The number of aryl methyl sites for hydroxylation is 1. The first-order valence-electron chi connectivity index (χ1n) is 7.95. The fourth-order valence-electron chi connectivity index (χ4n) is 2.29. The summed E-state index contributed by atoms with van der Waals surface area (Å²) in [5, 5.41) is 5.98. The summed E-state index contributed by atoms with van der Waals surface area (Å²) in [5.41, 5.74) is 1.21. The molecule has 0 saturated heterocycles. The molecule has 152 valence electrons. The maximum Gasteiger partial charge on any atom is 0.471 e. The smallest absolute Gasteiger partial charge is 0.471 e. The summed E-state index contributed by atoms with van der Waals surface area (Å²) >= 11 is 1.97. The summed E-state index contributed by atoms with van der Waals surface area (Å²) in [4.78, 5) is 32.3. The van der Waals surface area contributed by atoms with Gasteiger partial charge in [-0.3, -0.25) is 20.2 Å². The first-order valence-corrected chi connectivity index (χ1v) is 9.64. The first-order chi connectivity index (χ1) is 13.7. The Hall–Kier alpha value is -2.99. The van der Waals surface area contributed by atoms with E-state index < -0.39 is 18.0 Å². The number of carbonyl (C=O) groups is 2. The lowest BCUT2D eigenvalue weighted by Crippen LogP contribution is -2.29. The van der Waals surface area contributed by atoms with Gasteiger partial charge < -0.3 is 4.74 Å². The molecule has 2 N–H and O–H groups in total. The van der Waals surface area contributed by atoms with Crippen molar-refractivity contribution in [2.24, 2.45) is 0 Å². The van der Waals surface area contributed by atoms with Crippen molar-refractivity contribution in [1.82, 2.24) is 9.97 Å². The lowest BCUT2D eigenvalue weighted by Gasteiger charge is -2.06. The van der Waals surface area contributed by atoms with Gasteiger partial charge in [0.15, 0.2) is 10.3 Å². The summed E-state index contributed by atoms with van der Waals surface area (Å²) in [7, 11) is 1.45. The van der Waals surface area contributed by atoms with Crippen molar-refractivity contribution in [2.75, 3.05) is 17.7 Å². The van der Waals surface area contributed by atoms with Crippen LogP contribution < -0.4 is 15.4 Å². The van der Waals surface area contributed by atoms with E-state index in [1.165, 1.54) is 12.5 Å². The highest BCUT2D eigenvalue weighted by Gasteiger charge is 2.39. The lowest BCUT2D eigenvalue weighted by molar-refractivity contribution is -0.167. The fraction of sp³-hybridized carbons (Fsp3) is 0.176. The number of hydrogen-bond donors (Lipinski definition) is 2. The number of halogens is 3. The van der Waals surface area contributed by atoms with Crippen molar-refractivity contribution < 1.29 is 27.5 Å². The first kappa shape index (κ1) is 20.7. The SMILES string of the molecule is COc1ccccc1C(=O)Nc1nc(C)c(-c2csc(NC(=O)C(F)(F)F)n2)s1. The molecule has 2 aromatic heterocycles. The molecule has 29 heavy (non-hydrogen) atoms. The van der Waals surface area contributed by atoms with Crippen LogP contribution in [0.3, 0.4) is 0 Å². The van der Waals surface area contributed by atoms with E-state index in [1.807, 2.05) is 0 Å². The minimum atomic E-state index is -5.00. The van der Waals surface area contributed by atoms with E-state index >= 15 is 0 Å². The maximum absolute atomic E-state index is 12.5. The number of hydrogen-bond acceptors (Lipinski definition) is 7. The molecule has 2 amide bonds. The fourth-order valence-corrected chi connectivity index (χ4v) is 3.98. The molecule has 0 unspecified atom stereocenters. The second-order valence-electron chi connectivity index (χ2n) is 5.58. The Morgan fingerprint density at radius 2 is 1.83 bits per heavy atom. The molecule has 12 heteroatoms. The third kappa shape index (κ3) is 4.71. The van der Waals surface area contributed by atoms with Gasteiger partial charge in [0.2, 0.25) is 0 Å². The molecule has 0 spiro atoms. The zero-order chi connectivity index (χ0) is 21.2. The minimum absolute atomic E-state index is 0.185. The number of benzene rings is 1. The van der Waals surface area contributed by atoms with Gasteiger partial charge in [-0.05, 0) is 19.1 Å². The van der Waals surface area contributed by atoms with Crippen LogP contribution >= 0.6 is 22.7 Å². The zero-order valence-corrected chi connectivity index (χ0v) is 16.6. The largest absolute Gasteiger partial charge is 0.496 e. The van der Waals surface area contributed by atoms with Crippen molar-refractivity contribution in [3.05, 3.63) is 40.9 Å². The van der Waals surface area contributed by atoms with E-state index in [0.717, 1.165) is 22.7 Å². The van der Waals surface area contributed by atoms with Crippen LogP contribution in [0.1, 0.15) is 16.1 Å².